The van der Waals surface area contributed by atoms with E-state index in [1.807, 2.05) is 13.8 Å². The monoisotopic (exact) mass is 313 g/mol. The number of aromatic nitrogens is 3. The average Bonchev–Trinajstić information content (AvgIpc) is 2.78. The van der Waals surface area contributed by atoms with Gasteiger partial charge in [-0.05, 0) is 13.3 Å². The summed E-state index contributed by atoms with van der Waals surface area (Å²) in [5, 5.41) is 3.08. The number of hydrogen-bond donors (Lipinski definition) is 2. The Kier molecular flexibility index (Phi) is 4.19. The van der Waals surface area contributed by atoms with Gasteiger partial charge in [-0.2, -0.15) is 0 Å². The van der Waals surface area contributed by atoms with Crippen LogP contribution in [0.25, 0.3) is 0 Å². The van der Waals surface area contributed by atoms with Crippen LogP contribution in [0.2, 0.25) is 0 Å². The molecular formula is C11H15N5O2S2. The molecule has 2 aromatic rings. The predicted molar refractivity (Wildman–Crippen MR) is 78.6 cm³/mol. The Labute approximate surface area is 121 Å². The minimum absolute atomic E-state index is 0.00222. The molecule has 0 spiro atoms. The molecule has 0 atom stereocenters. The van der Waals surface area contributed by atoms with Crippen LogP contribution in [-0.4, -0.2) is 30.4 Å². The molecule has 7 nitrogen and oxygen atoms in total. The van der Waals surface area contributed by atoms with Crippen LogP contribution in [0.4, 0.5) is 11.1 Å². The van der Waals surface area contributed by atoms with Crippen molar-refractivity contribution >= 4 is 32.4 Å². The van der Waals surface area contributed by atoms with Gasteiger partial charge in [-0.15, -0.1) is 11.3 Å². The number of aryl methyl sites for hydroxylation is 2. The fraction of sp³-hybridized carbons (Fsp3) is 0.364. The first-order valence-corrected chi connectivity index (χ1v) is 8.25. The van der Waals surface area contributed by atoms with E-state index in [9.17, 15) is 8.42 Å². The summed E-state index contributed by atoms with van der Waals surface area (Å²) >= 11 is 1.31. The van der Waals surface area contributed by atoms with Crippen LogP contribution in [0, 0.1) is 6.92 Å². The topological polar surface area (TPSA) is 96.9 Å². The van der Waals surface area contributed by atoms with Crippen molar-refractivity contribution in [2.75, 3.05) is 17.1 Å². The number of nitrogens with one attached hydrogen (secondary N) is 2. The first-order chi connectivity index (χ1) is 9.46. The summed E-state index contributed by atoms with van der Waals surface area (Å²) < 4.78 is 26.8. The first kappa shape index (κ1) is 14.7. The van der Waals surface area contributed by atoms with Gasteiger partial charge in [0.1, 0.15) is 4.90 Å². The quantitative estimate of drug-likeness (QED) is 0.871. The van der Waals surface area contributed by atoms with Crippen molar-refractivity contribution in [2.24, 2.45) is 0 Å². The van der Waals surface area contributed by atoms with Crippen molar-refractivity contribution in [1.29, 1.82) is 0 Å². The molecule has 2 N–H and O–H groups in total. The Hall–Kier alpha value is -1.74. The van der Waals surface area contributed by atoms with E-state index in [4.69, 9.17) is 0 Å². The van der Waals surface area contributed by atoms with Crippen LogP contribution in [0.15, 0.2) is 17.3 Å². The van der Waals surface area contributed by atoms with E-state index >= 15 is 0 Å². The summed E-state index contributed by atoms with van der Waals surface area (Å²) in [5.74, 6) is 0.363. The van der Waals surface area contributed by atoms with Crippen molar-refractivity contribution in [3.8, 4) is 0 Å². The molecule has 0 radical (unpaired) electrons. The molecule has 0 bridgehead atoms. The Balaban J connectivity index is 2.25. The van der Waals surface area contributed by atoms with E-state index in [0.29, 0.717) is 11.1 Å². The van der Waals surface area contributed by atoms with Gasteiger partial charge in [0.25, 0.3) is 10.0 Å². The molecule has 0 aliphatic heterocycles. The van der Waals surface area contributed by atoms with Crippen molar-refractivity contribution < 1.29 is 8.42 Å². The average molecular weight is 313 g/mol. The molecule has 0 fully saturated rings. The van der Waals surface area contributed by atoms with Gasteiger partial charge in [0.05, 0.1) is 18.1 Å². The molecule has 0 aromatic carbocycles. The van der Waals surface area contributed by atoms with E-state index in [1.54, 1.807) is 7.05 Å². The highest BCUT2D eigenvalue weighted by Crippen LogP contribution is 2.24. The first-order valence-electron chi connectivity index (χ1n) is 5.95. The van der Waals surface area contributed by atoms with E-state index in [1.165, 1.54) is 23.7 Å². The van der Waals surface area contributed by atoms with Crippen LogP contribution < -0.4 is 10.0 Å². The second-order valence-electron chi connectivity index (χ2n) is 3.97. The molecule has 108 valence electrons. The maximum Gasteiger partial charge on any atom is 0.266 e. The van der Waals surface area contributed by atoms with E-state index in [2.05, 4.69) is 25.0 Å². The van der Waals surface area contributed by atoms with Crippen molar-refractivity contribution in [1.82, 2.24) is 15.0 Å². The van der Waals surface area contributed by atoms with Crippen LogP contribution in [-0.2, 0) is 16.4 Å². The lowest BCUT2D eigenvalue weighted by atomic mass is 10.3. The number of hydrogen-bond acceptors (Lipinski definition) is 7. The fourth-order valence-corrected chi connectivity index (χ4v) is 3.58. The maximum atomic E-state index is 12.2. The Bertz CT molecular complexity index is 694. The van der Waals surface area contributed by atoms with Gasteiger partial charge in [-0.1, -0.05) is 6.92 Å². The Morgan fingerprint density at radius 2 is 1.95 bits per heavy atom. The lowest BCUT2D eigenvalue weighted by Crippen LogP contribution is -2.14. The summed E-state index contributed by atoms with van der Waals surface area (Å²) in [6.07, 6.45) is 3.27. The van der Waals surface area contributed by atoms with Crippen LogP contribution in [0.3, 0.4) is 0 Å². The van der Waals surface area contributed by atoms with Gasteiger partial charge in [-0.25, -0.2) is 23.4 Å². The lowest BCUT2D eigenvalue weighted by Gasteiger charge is -2.04. The van der Waals surface area contributed by atoms with Gasteiger partial charge in [0.2, 0.25) is 5.95 Å². The molecular weight excluding hydrogens is 298 g/mol. The molecule has 9 heteroatoms. The second kappa shape index (κ2) is 5.71. The van der Waals surface area contributed by atoms with E-state index < -0.39 is 10.0 Å². The third-order valence-electron chi connectivity index (χ3n) is 2.61. The summed E-state index contributed by atoms with van der Waals surface area (Å²) in [6, 6.07) is 0. The summed E-state index contributed by atoms with van der Waals surface area (Å²) in [7, 11) is -2.05. The fourth-order valence-electron chi connectivity index (χ4n) is 1.56. The summed E-state index contributed by atoms with van der Waals surface area (Å²) in [4.78, 5) is 13.0. The molecule has 0 amide bonds. The zero-order valence-electron chi connectivity index (χ0n) is 11.3. The molecule has 0 aliphatic rings. The van der Waals surface area contributed by atoms with Crippen molar-refractivity contribution in [3.63, 3.8) is 0 Å². The molecule has 0 aliphatic carbocycles. The van der Waals surface area contributed by atoms with Gasteiger partial charge >= 0.3 is 0 Å². The summed E-state index contributed by atoms with van der Waals surface area (Å²) in [5.41, 5.74) is 0.898. The molecule has 2 aromatic heterocycles. The zero-order valence-corrected chi connectivity index (χ0v) is 13.0. The highest BCUT2D eigenvalue weighted by molar-refractivity contribution is 7.93. The van der Waals surface area contributed by atoms with Crippen LogP contribution >= 0.6 is 11.3 Å². The Morgan fingerprint density at radius 3 is 2.45 bits per heavy atom. The minimum atomic E-state index is -3.70. The predicted octanol–water partition coefficient (Wildman–Crippen LogP) is 1.65. The Morgan fingerprint density at radius 1 is 1.30 bits per heavy atom. The smallest absolute Gasteiger partial charge is 0.266 e. The number of rotatable bonds is 5. The number of thiazole rings is 1. The third-order valence-corrected chi connectivity index (χ3v) is 4.96. The maximum absolute atomic E-state index is 12.2. The van der Waals surface area contributed by atoms with Gasteiger partial charge in [-0.3, -0.25) is 4.72 Å². The normalized spacial score (nSPS) is 11.3. The second-order valence-corrected chi connectivity index (χ2v) is 6.86. The largest absolute Gasteiger partial charge is 0.357 e. The van der Waals surface area contributed by atoms with Crippen LogP contribution in [0.1, 0.15) is 17.5 Å². The molecule has 0 unspecified atom stereocenters. The van der Waals surface area contributed by atoms with E-state index in [0.717, 1.165) is 17.0 Å². The lowest BCUT2D eigenvalue weighted by molar-refractivity contribution is 0.600. The molecule has 0 saturated heterocycles. The summed E-state index contributed by atoms with van der Waals surface area (Å²) in [6.45, 7) is 3.89. The number of anilines is 2. The van der Waals surface area contributed by atoms with Gasteiger partial charge in [0, 0.05) is 11.9 Å². The highest BCUT2D eigenvalue weighted by Gasteiger charge is 2.18. The van der Waals surface area contributed by atoms with Gasteiger partial charge in [0.15, 0.2) is 5.13 Å². The molecule has 2 rings (SSSR count). The van der Waals surface area contributed by atoms with Crippen molar-refractivity contribution in [2.45, 2.75) is 25.2 Å². The van der Waals surface area contributed by atoms with E-state index in [-0.39, 0.29) is 4.90 Å². The SMILES string of the molecule is CCc1nc(NS(=O)(=O)c2cnc(NC)nc2)sc1C. The standard InChI is InChI=1S/C11H15N5O2S2/c1-4-9-7(2)19-11(15-9)16-20(17,18)8-5-13-10(12-3)14-6-8/h5-6H,4H2,1-3H3,(H,15,16)(H,12,13,14). The van der Waals surface area contributed by atoms with Gasteiger partial charge < -0.3 is 5.32 Å². The molecule has 0 saturated carbocycles. The third kappa shape index (κ3) is 3.05. The van der Waals surface area contributed by atoms with Crippen molar-refractivity contribution in [3.05, 3.63) is 23.0 Å². The zero-order chi connectivity index (χ0) is 14.8. The molecule has 2 heterocycles. The number of sulfonamides is 1. The number of nitrogens with zero attached hydrogens (tertiary/aromatic N) is 3. The highest BCUT2D eigenvalue weighted by atomic mass is 32.2. The van der Waals surface area contributed by atoms with Crippen LogP contribution in [0.5, 0.6) is 0 Å². The minimum Gasteiger partial charge on any atom is -0.357 e. The molecule has 20 heavy (non-hydrogen) atoms.